The van der Waals surface area contributed by atoms with E-state index in [0.29, 0.717) is 31.5 Å². The van der Waals surface area contributed by atoms with Crippen molar-refractivity contribution in [3.63, 3.8) is 0 Å². The Kier molecular flexibility index (Phi) is 6.14. The topological polar surface area (TPSA) is 71.1 Å². The number of nitrogens with one attached hydrogen (secondary N) is 2. The first-order chi connectivity index (χ1) is 12.2. The Hall–Kier alpha value is -2.25. The first-order valence-electron chi connectivity index (χ1n) is 8.14. The standard InChI is InChI=1S/C18H19N3O2S2/c22-16(6-3-9-20-18(23)13-8-11-24-12-13)19-10-7-17-21-14-4-1-2-5-15(14)25-17/h1-2,4-5,8,11-12H,3,6-7,9-10H2,(H,19,22)(H,20,23). The summed E-state index contributed by atoms with van der Waals surface area (Å²) in [5.74, 6) is -0.0802. The molecule has 0 bridgehead atoms. The molecule has 0 atom stereocenters. The van der Waals surface area contributed by atoms with Crippen LogP contribution in [0.4, 0.5) is 0 Å². The summed E-state index contributed by atoms with van der Waals surface area (Å²) >= 11 is 3.15. The second-order valence-corrected chi connectivity index (χ2v) is 7.44. The van der Waals surface area contributed by atoms with E-state index in [-0.39, 0.29) is 11.8 Å². The number of carbonyl (C=O) groups is 2. The molecule has 2 amide bonds. The van der Waals surface area contributed by atoms with Gasteiger partial charge in [0.05, 0.1) is 15.2 Å². The second-order valence-electron chi connectivity index (χ2n) is 5.55. The van der Waals surface area contributed by atoms with Gasteiger partial charge in [-0.1, -0.05) is 12.1 Å². The van der Waals surface area contributed by atoms with Crippen molar-refractivity contribution >= 4 is 44.7 Å². The summed E-state index contributed by atoms with van der Waals surface area (Å²) in [6.45, 7) is 1.08. The van der Waals surface area contributed by atoms with Crippen LogP contribution in [0.15, 0.2) is 41.1 Å². The zero-order valence-corrected chi connectivity index (χ0v) is 15.3. The number of carbonyl (C=O) groups excluding carboxylic acids is 2. The molecule has 2 N–H and O–H groups in total. The number of thiophene rings is 1. The van der Waals surface area contributed by atoms with E-state index in [1.54, 1.807) is 17.4 Å². The largest absolute Gasteiger partial charge is 0.356 e. The smallest absolute Gasteiger partial charge is 0.252 e. The van der Waals surface area contributed by atoms with Crippen LogP contribution in [0, 0.1) is 0 Å². The van der Waals surface area contributed by atoms with E-state index in [1.165, 1.54) is 16.0 Å². The van der Waals surface area contributed by atoms with Crippen molar-refractivity contribution in [1.82, 2.24) is 15.6 Å². The van der Waals surface area contributed by atoms with E-state index < -0.39 is 0 Å². The van der Waals surface area contributed by atoms with Gasteiger partial charge in [-0.15, -0.1) is 11.3 Å². The molecule has 0 spiro atoms. The molecule has 0 radical (unpaired) electrons. The molecule has 2 aromatic heterocycles. The Labute approximate surface area is 154 Å². The molecule has 3 aromatic rings. The van der Waals surface area contributed by atoms with Crippen molar-refractivity contribution in [2.24, 2.45) is 0 Å². The fourth-order valence-electron chi connectivity index (χ4n) is 2.37. The van der Waals surface area contributed by atoms with Crippen LogP contribution in [0.3, 0.4) is 0 Å². The van der Waals surface area contributed by atoms with E-state index in [1.807, 2.05) is 29.0 Å². The lowest BCUT2D eigenvalue weighted by Gasteiger charge is -2.05. The molecule has 5 nitrogen and oxygen atoms in total. The number of amides is 2. The number of hydrogen-bond acceptors (Lipinski definition) is 5. The third-order valence-electron chi connectivity index (χ3n) is 3.65. The lowest BCUT2D eigenvalue weighted by Crippen LogP contribution is -2.28. The van der Waals surface area contributed by atoms with Gasteiger partial charge in [0, 0.05) is 36.9 Å². The average molecular weight is 374 g/mol. The monoisotopic (exact) mass is 373 g/mol. The van der Waals surface area contributed by atoms with Crippen molar-refractivity contribution < 1.29 is 9.59 Å². The lowest BCUT2D eigenvalue weighted by molar-refractivity contribution is -0.121. The highest BCUT2D eigenvalue weighted by Gasteiger charge is 2.07. The molecule has 7 heteroatoms. The number of hydrogen-bond donors (Lipinski definition) is 2. The maximum atomic E-state index is 11.8. The molecule has 0 unspecified atom stereocenters. The third kappa shape index (κ3) is 5.11. The summed E-state index contributed by atoms with van der Waals surface area (Å²) < 4.78 is 1.17. The number of benzene rings is 1. The van der Waals surface area contributed by atoms with Gasteiger partial charge in [0.2, 0.25) is 5.91 Å². The van der Waals surface area contributed by atoms with Gasteiger partial charge in [0.25, 0.3) is 5.91 Å². The molecule has 1 aromatic carbocycles. The van der Waals surface area contributed by atoms with Crippen molar-refractivity contribution in [2.75, 3.05) is 13.1 Å². The van der Waals surface area contributed by atoms with Crippen LogP contribution in [0.2, 0.25) is 0 Å². The lowest BCUT2D eigenvalue weighted by atomic mass is 10.2. The Balaban J connectivity index is 1.31. The molecule has 130 valence electrons. The van der Waals surface area contributed by atoms with Gasteiger partial charge in [0.15, 0.2) is 0 Å². The summed E-state index contributed by atoms with van der Waals surface area (Å²) in [5, 5.41) is 10.4. The molecule has 3 rings (SSSR count). The number of aromatic nitrogens is 1. The maximum absolute atomic E-state index is 11.8. The fraction of sp³-hybridized carbons (Fsp3) is 0.278. The Bertz CT molecular complexity index is 810. The Morgan fingerprint density at radius 3 is 2.76 bits per heavy atom. The van der Waals surface area contributed by atoms with Gasteiger partial charge in [-0.25, -0.2) is 4.98 Å². The summed E-state index contributed by atoms with van der Waals surface area (Å²) in [5.41, 5.74) is 1.68. The predicted octanol–water partition coefficient (Wildman–Crippen LogP) is 3.23. The molecule has 0 fully saturated rings. The van der Waals surface area contributed by atoms with Gasteiger partial charge in [-0.2, -0.15) is 11.3 Å². The fourth-order valence-corrected chi connectivity index (χ4v) is 3.97. The minimum Gasteiger partial charge on any atom is -0.356 e. The van der Waals surface area contributed by atoms with Crippen molar-refractivity contribution in [3.8, 4) is 0 Å². The summed E-state index contributed by atoms with van der Waals surface area (Å²) in [4.78, 5) is 28.1. The van der Waals surface area contributed by atoms with Crippen molar-refractivity contribution in [3.05, 3.63) is 51.7 Å². The van der Waals surface area contributed by atoms with Crippen LogP contribution in [0.25, 0.3) is 10.2 Å². The number of fused-ring (bicyclic) bond motifs is 1. The van der Waals surface area contributed by atoms with Crippen LogP contribution in [-0.2, 0) is 11.2 Å². The SMILES string of the molecule is O=C(CCCNC(=O)c1ccsc1)NCCc1nc2ccccc2s1. The minimum absolute atomic E-state index is 0.00546. The Morgan fingerprint density at radius 2 is 1.96 bits per heavy atom. The zero-order valence-electron chi connectivity index (χ0n) is 13.7. The van der Waals surface area contributed by atoms with E-state index in [0.717, 1.165) is 16.9 Å². The maximum Gasteiger partial charge on any atom is 0.252 e. The molecule has 25 heavy (non-hydrogen) atoms. The van der Waals surface area contributed by atoms with E-state index >= 15 is 0 Å². The number of thiazole rings is 1. The van der Waals surface area contributed by atoms with Crippen molar-refractivity contribution in [1.29, 1.82) is 0 Å². The molecule has 0 saturated carbocycles. The van der Waals surface area contributed by atoms with Gasteiger partial charge < -0.3 is 10.6 Å². The summed E-state index contributed by atoms with van der Waals surface area (Å²) in [7, 11) is 0. The first kappa shape index (κ1) is 17.6. The highest BCUT2D eigenvalue weighted by molar-refractivity contribution is 7.18. The molecule has 0 aliphatic rings. The van der Waals surface area contributed by atoms with Crippen LogP contribution in [-0.4, -0.2) is 29.9 Å². The summed E-state index contributed by atoms with van der Waals surface area (Å²) in [6, 6.07) is 9.82. The highest BCUT2D eigenvalue weighted by Crippen LogP contribution is 2.21. The van der Waals surface area contributed by atoms with Crippen LogP contribution >= 0.6 is 22.7 Å². The molecule has 0 aliphatic heterocycles. The van der Waals surface area contributed by atoms with Crippen LogP contribution < -0.4 is 10.6 Å². The zero-order chi connectivity index (χ0) is 17.5. The van der Waals surface area contributed by atoms with Gasteiger partial charge in [-0.3, -0.25) is 9.59 Å². The first-order valence-corrected chi connectivity index (χ1v) is 9.90. The van der Waals surface area contributed by atoms with Gasteiger partial charge in [0.1, 0.15) is 0 Å². The molecule has 0 saturated heterocycles. The molecular weight excluding hydrogens is 354 g/mol. The van der Waals surface area contributed by atoms with Crippen molar-refractivity contribution in [2.45, 2.75) is 19.3 Å². The molecule has 2 heterocycles. The van der Waals surface area contributed by atoms with Gasteiger partial charge >= 0.3 is 0 Å². The highest BCUT2D eigenvalue weighted by atomic mass is 32.1. The summed E-state index contributed by atoms with van der Waals surface area (Å²) in [6.07, 6.45) is 1.77. The third-order valence-corrected chi connectivity index (χ3v) is 5.43. The predicted molar refractivity (Wildman–Crippen MR) is 102 cm³/mol. The van der Waals surface area contributed by atoms with E-state index in [2.05, 4.69) is 21.7 Å². The molecule has 0 aliphatic carbocycles. The minimum atomic E-state index is -0.0857. The van der Waals surface area contributed by atoms with Crippen LogP contribution in [0.5, 0.6) is 0 Å². The van der Waals surface area contributed by atoms with E-state index in [4.69, 9.17) is 0 Å². The Morgan fingerprint density at radius 1 is 1.08 bits per heavy atom. The van der Waals surface area contributed by atoms with E-state index in [9.17, 15) is 9.59 Å². The second kappa shape index (κ2) is 8.73. The number of nitrogens with zero attached hydrogens (tertiary/aromatic N) is 1. The quantitative estimate of drug-likeness (QED) is 0.596. The average Bonchev–Trinajstić information content (AvgIpc) is 3.27. The van der Waals surface area contributed by atoms with Gasteiger partial charge in [-0.05, 0) is 30.0 Å². The number of para-hydroxylation sites is 1. The normalized spacial score (nSPS) is 10.7. The van der Waals surface area contributed by atoms with Crippen LogP contribution in [0.1, 0.15) is 28.2 Å². The molecular formula is C18H19N3O2S2. The number of rotatable bonds is 8.